The van der Waals surface area contributed by atoms with Gasteiger partial charge in [0.05, 0.1) is 12.0 Å². The summed E-state index contributed by atoms with van der Waals surface area (Å²) in [5.74, 6) is -0.192. The average molecular weight is 397 g/mol. The zero-order chi connectivity index (χ0) is 12.3. The fourth-order valence-electron chi connectivity index (χ4n) is 1.31. The first-order valence-electron chi connectivity index (χ1n) is 5.02. The Morgan fingerprint density at radius 3 is 2.62 bits per heavy atom. The fourth-order valence-corrected chi connectivity index (χ4v) is 2.03. The summed E-state index contributed by atoms with van der Waals surface area (Å²) in [6.45, 7) is 5.98. The zero-order valence-electron chi connectivity index (χ0n) is 9.51. The SMILES string of the molecule is CCOC(=O)C(C)(C)c1ccc(I)c(Br)c1. The van der Waals surface area contributed by atoms with E-state index in [-0.39, 0.29) is 5.97 Å². The van der Waals surface area contributed by atoms with E-state index in [0.29, 0.717) is 6.61 Å². The minimum Gasteiger partial charge on any atom is -0.465 e. The molecule has 16 heavy (non-hydrogen) atoms. The van der Waals surface area contributed by atoms with Gasteiger partial charge < -0.3 is 4.74 Å². The summed E-state index contributed by atoms with van der Waals surface area (Å²) in [6.07, 6.45) is 0. The van der Waals surface area contributed by atoms with Gasteiger partial charge in [0.25, 0.3) is 0 Å². The van der Waals surface area contributed by atoms with Crippen LogP contribution in [0.2, 0.25) is 0 Å². The second-order valence-corrected chi connectivity index (χ2v) is 5.99. The molecule has 1 rings (SSSR count). The Hall–Kier alpha value is -0.100. The molecule has 0 aromatic heterocycles. The minimum atomic E-state index is -0.608. The molecule has 0 aliphatic heterocycles. The van der Waals surface area contributed by atoms with Gasteiger partial charge in [-0.3, -0.25) is 4.79 Å². The zero-order valence-corrected chi connectivity index (χ0v) is 13.3. The van der Waals surface area contributed by atoms with Gasteiger partial charge in [0.1, 0.15) is 0 Å². The van der Waals surface area contributed by atoms with Gasteiger partial charge in [0.15, 0.2) is 0 Å². The van der Waals surface area contributed by atoms with E-state index in [0.717, 1.165) is 13.6 Å². The Balaban J connectivity index is 3.06. The lowest BCUT2D eigenvalue weighted by Gasteiger charge is -2.23. The number of benzene rings is 1. The standard InChI is InChI=1S/C12H14BrIO2/c1-4-16-11(15)12(2,3)8-5-6-10(14)9(13)7-8/h5-7H,4H2,1-3H3. The van der Waals surface area contributed by atoms with Gasteiger partial charge in [-0.05, 0) is 77.0 Å². The number of rotatable bonds is 3. The smallest absolute Gasteiger partial charge is 0.315 e. The van der Waals surface area contributed by atoms with Crippen molar-refractivity contribution in [3.05, 3.63) is 31.8 Å². The highest BCUT2D eigenvalue weighted by Gasteiger charge is 2.31. The van der Waals surface area contributed by atoms with Crippen molar-refractivity contribution in [3.63, 3.8) is 0 Å². The monoisotopic (exact) mass is 396 g/mol. The maximum Gasteiger partial charge on any atom is 0.315 e. The molecule has 0 saturated heterocycles. The van der Waals surface area contributed by atoms with Crippen LogP contribution in [0.1, 0.15) is 26.3 Å². The average Bonchev–Trinajstić information content (AvgIpc) is 2.22. The van der Waals surface area contributed by atoms with E-state index in [2.05, 4.69) is 38.5 Å². The fraction of sp³-hybridized carbons (Fsp3) is 0.417. The van der Waals surface area contributed by atoms with Gasteiger partial charge in [0, 0.05) is 8.04 Å². The molecule has 0 unspecified atom stereocenters. The maximum atomic E-state index is 11.8. The van der Waals surface area contributed by atoms with Crippen molar-refractivity contribution >= 4 is 44.5 Å². The Morgan fingerprint density at radius 1 is 1.50 bits per heavy atom. The highest BCUT2D eigenvalue weighted by Crippen LogP contribution is 2.29. The van der Waals surface area contributed by atoms with Gasteiger partial charge in [-0.1, -0.05) is 6.07 Å². The second kappa shape index (κ2) is 5.49. The predicted molar refractivity (Wildman–Crippen MR) is 76.5 cm³/mol. The van der Waals surface area contributed by atoms with Crippen LogP contribution in [0, 0.1) is 3.57 Å². The van der Waals surface area contributed by atoms with Gasteiger partial charge in [-0.2, -0.15) is 0 Å². The van der Waals surface area contributed by atoms with Crippen LogP contribution >= 0.6 is 38.5 Å². The summed E-state index contributed by atoms with van der Waals surface area (Å²) >= 11 is 5.71. The number of hydrogen-bond donors (Lipinski definition) is 0. The first-order chi connectivity index (χ1) is 7.39. The molecule has 1 aromatic rings. The highest BCUT2D eigenvalue weighted by atomic mass is 127. The van der Waals surface area contributed by atoms with Crippen molar-refractivity contribution in [3.8, 4) is 0 Å². The number of carbonyl (C=O) groups is 1. The van der Waals surface area contributed by atoms with Crippen LogP contribution in [0.25, 0.3) is 0 Å². The first-order valence-corrected chi connectivity index (χ1v) is 6.89. The van der Waals surface area contributed by atoms with Crippen molar-refractivity contribution in [2.24, 2.45) is 0 Å². The number of ether oxygens (including phenoxy) is 1. The Bertz CT molecular complexity index is 402. The molecule has 0 bridgehead atoms. The Morgan fingerprint density at radius 2 is 2.12 bits per heavy atom. The van der Waals surface area contributed by atoms with E-state index in [1.807, 2.05) is 39.0 Å². The lowest BCUT2D eigenvalue weighted by molar-refractivity contribution is -0.148. The second-order valence-electron chi connectivity index (χ2n) is 3.97. The minimum absolute atomic E-state index is 0.192. The van der Waals surface area contributed by atoms with E-state index in [9.17, 15) is 4.79 Å². The van der Waals surface area contributed by atoms with Crippen LogP contribution in [0.15, 0.2) is 22.7 Å². The van der Waals surface area contributed by atoms with Gasteiger partial charge in [0.2, 0.25) is 0 Å². The Kier molecular flexibility index (Phi) is 4.79. The number of halogens is 2. The molecule has 0 N–H and O–H groups in total. The number of hydrogen-bond acceptors (Lipinski definition) is 2. The van der Waals surface area contributed by atoms with Crippen LogP contribution in [0.4, 0.5) is 0 Å². The lowest BCUT2D eigenvalue weighted by Crippen LogP contribution is -2.31. The molecule has 0 amide bonds. The molecule has 1 aromatic carbocycles. The van der Waals surface area contributed by atoms with E-state index in [4.69, 9.17) is 4.74 Å². The van der Waals surface area contributed by atoms with E-state index >= 15 is 0 Å². The van der Waals surface area contributed by atoms with Crippen molar-refractivity contribution in [2.45, 2.75) is 26.2 Å². The molecular formula is C12H14BrIO2. The van der Waals surface area contributed by atoms with Crippen LogP contribution < -0.4 is 0 Å². The van der Waals surface area contributed by atoms with Crippen molar-refractivity contribution < 1.29 is 9.53 Å². The third-order valence-electron chi connectivity index (χ3n) is 2.43. The first kappa shape index (κ1) is 14.0. The Labute approximate surface area is 118 Å². The molecule has 0 atom stereocenters. The van der Waals surface area contributed by atoms with Crippen LogP contribution in [-0.2, 0) is 14.9 Å². The normalized spacial score (nSPS) is 11.3. The molecule has 0 saturated carbocycles. The van der Waals surface area contributed by atoms with Crippen LogP contribution in [-0.4, -0.2) is 12.6 Å². The quantitative estimate of drug-likeness (QED) is 0.572. The summed E-state index contributed by atoms with van der Waals surface area (Å²) < 4.78 is 7.20. The van der Waals surface area contributed by atoms with Gasteiger partial charge in [-0.15, -0.1) is 0 Å². The summed E-state index contributed by atoms with van der Waals surface area (Å²) in [6, 6.07) is 5.92. The largest absolute Gasteiger partial charge is 0.465 e. The van der Waals surface area contributed by atoms with Crippen molar-refractivity contribution in [1.29, 1.82) is 0 Å². The molecule has 0 spiro atoms. The summed E-state index contributed by atoms with van der Waals surface area (Å²) in [7, 11) is 0. The molecule has 0 heterocycles. The van der Waals surface area contributed by atoms with Crippen molar-refractivity contribution in [1.82, 2.24) is 0 Å². The molecule has 0 radical (unpaired) electrons. The van der Waals surface area contributed by atoms with Gasteiger partial charge >= 0.3 is 5.97 Å². The van der Waals surface area contributed by atoms with E-state index < -0.39 is 5.41 Å². The third kappa shape index (κ3) is 2.97. The summed E-state index contributed by atoms with van der Waals surface area (Å²) in [4.78, 5) is 11.8. The molecular weight excluding hydrogens is 383 g/mol. The lowest BCUT2D eigenvalue weighted by atomic mass is 9.85. The molecule has 4 heteroatoms. The maximum absolute atomic E-state index is 11.8. The van der Waals surface area contributed by atoms with Crippen LogP contribution in [0.5, 0.6) is 0 Å². The predicted octanol–water partition coefficient (Wildman–Crippen LogP) is 3.89. The topological polar surface area (TPSA) is 26.3 Å². The summed E-state index contributed by atoms with van der Waals surface area (Å²) in [5, 5.41) is 0. The number of esters is 1. The highest BCUT2D eigenvalue weighted by molar-refractivity contribution is 14.1. The van der Waals surface area contributed by atoms with Crippen LogP contribution in [0.3, 0.4) is 0 Å². The molecule has 88 valence electrons. The van der Waals surface area contributed by atoms with Crippen molar-refractivity contribution in [2.75, 3.05) is 6.61 Å². The van der Waals surface area contributed by atoms with Gasteiger partial charge in [-0.25, -0.2) is 0 Å². The van der Waals surface area contributed by atoms with E-state index in [1.54, 1.807) is 0 Å². The molecule has 0 aliphatic carbocycles. The van der Waals surface area contributed by atoms with E-state index in [1.165, 1.54) is 0 Å². The molecule has 0 fully saturated rings. The number of carbonyl (C=O) groups excluding carboxylic acids is 1. The third-order valence-corrected chi connectivity index (χ3v) is 4.77. The molecule has 2 nitrogen and oxygen atoms in total. The molecule has 0 aliphatic rings. The summed E-state index contributed by atoms with van der Waals surface area (Å²) in [5.41, 5.74) is 0.348.